The predicted molar refractivity (Wildman–Crippen MR) is 98.1 cm³/mol. The molecule has 1 saturated heterocycles. The molecule has 0 N–H and O–H groups in total. The summed E-state index contributed by atoms with van der Waals surface area (Å²) in [4.78, 5) is 13.2. The Morgan fingerprint density at radius 1 is 1.22 bits per heavy atom. The molecule has 0 aliphatic carbocycles. The summed E-state index contributed by atoms with van der Waals surface area (Å²) >= 11 is 0. The maximum absolute atomic E-state index is 13.7. The van der Waals surface area contributed by atoms with Gasteiger partial charge in [0.2, 0.25) is 5.91 Å². The van der Waals surface area contributed by atoms with Crippen molar-refractivity contribution in [3.63, 3.8) is 0 Å². The van der Waals surface area contributed by atoms with E-state index in [4.69, 9.17) is 0 Å². The molecule has 4 nitrogen and oxygen atoms in total. The first-order valence-electron chi connectivity index (χ1n) is 9.23. The number of nitrogens with zero attached hydrogens (tertiary/aromatic N) is 1. The molecule has 0 saturated carbocycles. The monoisotopic (exact) mass is 405 g/mol. The highest BCUT2D eigenvalue weighted by Gasteiger charge is 2.61. The zero-order valence-electron chi connectivity index (χ0n) is 15.5. The maximum atomic E-state index is 13.7. The van der Waals surface area contributed by atoms with Gasteiger partial charge in [-0.05, 0) is 37.7 Å². The van der Waals surface area contributed by atoms with Crippen LogP contribution in [0, 0.1) is 0 Å². The Balaban J connectivity index is 2.01. The molecular formula is C19H26F3NO3S. The molecule has 0 unspecified atom stereocenters. The minimum Gasteiger partial charge on any atom is -0.327 e. The molecular weight excluding hydrogens is 379 g/mol. The van der Waals surface area contributed by atoms with Gasteiger partial charge in [0, 0.05) is 6.54 Å². The highest BCUT2D eigenvalue weighted by molar-refractivity contribution is 7.92. The fourth-order valence-corrected chi connectivity index (χ4v) is 5.09. The number of hydrogen-bond acceptors (Lipinski definition) is 3. The highest BCUT2D eigenvalue weighted by atomic mass is 32.2. The van der Waals surface area contributed by atoms with E-state index in [0.717, 1.165) is 10.5 Å². The summed E-state index contributed by atoms with van der Waals surface area (Å²) < 4.78 is 65.6. The molecule has 8 heteroatoms. The summed E-state index contributed by atoms with van der Waals surface area (Å²) in [5, 5.41) is 0. The van der Waals surface area contributed by atoms with Gasteiger partial charge < -0.3 is 4.90 Å². The van der Waals surface area contributed by atoms with Crippen LogP contribution in [-0.2, 0) is 21.1 Å². The summed E-state index contributed by atoms with van der Waals surface area (Å²) in [6, 6.07) is 9.32. The van der Waals surface area contributed by atoms with Crippen molar-refractivity contribution in [1.82, 2.24) is 4.90 Å². The summed E-state index contributed by atoms with van der Waals surface area (Å²) in [6.45, 7) is 1.59. The summed E-state index contributed by atoms with van der Waals surface area (Å²) in [6.07, 6.45) is -3.54. The van der Waals surface area contributed by atoms with E-state index in [9.17, 15) is 26.4 Å². The van der Waals surface area contributed by atoms with Crippen molar-refractivity contribution in [3.05, 3.63) is 35.9 Å². The molecule has 0 bridgehead atoms. The Kier molecular flexibility index (Phi) is 6.94. The van der Waals surface area contributed by atoms with Crippen LogP contribution < -0.4 is 0 Å². The minimum atomic E-state index is -4.56. The Morgan fingerprint density at radius 2 is 1.89 bits per heavy atom. The van der Waals surface area contributed by atoms with Crippen LogP contribution >= 0.6 is 0 Å². The van der Waals surface area contributed by atoms with Crippen molar-refractivity contribution < 1.29 is 26.4 Å². The molecule has 1 aliphatic rings. The molecule has 1 aliphatic heterocycles. The largest absolute Gasteiger partial charge is 0.411 e. The van der Waals surface area contributed by atoms with Crippen molar-refractivity contribution in [3.8, 4) is 0 Å². The first-order chi connectivity index (χ1) is 12.6. The Bertz CT molecular complexity index is 734. The van der Waals surface area contributed by atoms with Gasteiger partial charge in [-0.15, -0.1) is 0 Å². The van der Waals surface area contributed by atoms with Gasteiger partial charge >= 0.3 is 6.18 Å². The molecule has 27 heavy (non-hydrogen) atoms. The van der Waals surface area contributed by atoms with Gasteiger partial charge in [0.1, 0.15) is 11.3 Å². The number of amides is 1. The lowest BCUT2D eigenvalue weighted by molar-refractivity contribution is -0.225. The molecule has 1 heterocycles. The Hall–Kier alpha value is -1.57. The first-order valence-corrected chi connectivity index (χ1v) is 11.0. The van der Waals surface area contributed by atoms with Gasteiger partial charge in [-0.1, -0.05) is 43.7 Å². The molecule has 0 radical (unpaired) electrons. The van der Waals surface area contributed by atoms with Gasteiger partial charge in [-0.25, -0.2) is 8.42 Å². The van der Waals surface area contributed by atoms with Crippen LogP contribution in [0.3, 0.4) is 0 Å². The first kappa shape index (κ1) is 21.7. The lowest BCUT2D eigenvalue weighted by Crippen LogP contribution is -2.58. The number of carbonyl (C=O) groups is 1. The highest BCUT2D eigenvalue weighted by Crippen LogP contribution is 2.46. The topological polar surface area (TPSA) is 54.5 Å². The van der Waals surface area contributed by atoms with E-state index in [-0.39, 0.29) is 38.0 Å². The SMILES string of the molecule is CCC[C@]1(C(F)(F)F)CCCN1C(=O)CS(=O)(=O)CCCc1ccccc1. The number of alkyl halides is 3. The minimum absolute atomic E-state index is 0.0438. The van der Waals surface area contributed by atoms with E-state index in [2.05, 4.69) is 0 Å². The second-order valence-electron chi connectivity index (χ2n) is 7.11. The average molecular weight is 405 g/mol. The van der Waals surface area contributed by atoms with Gasteiger partial charge in [0.15, 0.2) is 9.84 Å². The molecule has 1 atom stereocenters. The normalized spacial score (nSPS) is 20.8. The third-order valence-corrected chi connectivity index (χ3v) is 6.69. The molecule has 0 aromatic heterocycles. The number of carbonyl (C=O) groups excluding carboxylic acids is 1. The van der Waals surface area contributed by atoms with E-state index in [1.54, 1.807) is 6.92 Å². The molecule has 1 aromatic carbocycles. The number of aryl methyl sites for hydroxylation is 1. The number of hydrogen-bond donors (Lipinski definition) is 0. The van der Waals surface area contributed by atoms with Crippen LogP contribution in [0.4, 0.5) is 13.2 Å². The van der Waals surface area contributed by atoms with Crippen LogP contribution in [0.2, 0.25) is 0 Å². The van der Waals surface area contributed by atoms with Gasteiger partial charge in [0.05, 0.1) is 5.75 Å². The van der Waals surface area contributed by atoms with Gasteiger partial charge in [-0.3, -0.25) is 4.79 Å². The van der Waals surface area contributed by atoms with Crippen molar-refractivity contribution in [2.45, 2.75) is 57.2 Å². The van der Waals surface area contributed by atoms with E-state index in [0.29, 0.717) is 12.8 Å². The third-order valence-electron chi connectivity index (χ3n) is 5.09. The van der Waals surface area contributed by atoms with E-state index >= 15 is 0 Å². The van der Waals surface area contributed by atoms with Crippen LogP contribution in [0.1, 0.15) is 44.6 Å². The predicted octanol–water partition coefficient (Wildman–Crippen LogP) is 3.76. The standard InChI is InChI=1S/C19H26F3NO3S/c1-2-11-18(19(20,21)22)12-7-13-23(18)17(24)15-27(25,26)14-6-10-16-8-4-3-5-9-16/h3-5,8-9H,2,6-7,10-15H2,1H3/t18-/m1/s1. The third kappa shape index (κ3) is 5.24. The smallest absolute Gasteiger partial charge is 0.327 e. The number of sulfone groups is 1. The summed E-state index contributed by atoms with van der Waals surface area (Å²) in [5.74, 6) is -2.00. The molecule has 1 fully saturated rings. The van der Waals surface area contributed by atoms with Crippen LogP contribution in [0.25, 0.3) is 0 Å². The number of halogens is 3. The number of benzene rings is 1. The zero-order chi connectivity index (χ0) is 20.1. The van der Waals surface area contributed by atoms with E-state index < -0.39 is 33.2 Å². The summed E-state index contributed by atoms with van der Waals surface area (Å²) in [7, 11) is -3.76. The molecule has 1 amide bonds. The fraction of sp³-hybridized carbons (Fsp3) is 0.632. The van der Waals surface area contributed by atoms with Crippen LogP contribution in [0.5, 0.6) is 0 Å². The van der Waals surface area contributed by atoms with E-state index in [1.165, 1.54) is 0 Å². The van der Waals surface area contributed by atoms with Crippen molar-refractivity contribution in [1.29, 1.82) is 0 Å². The quantitative estimate of drug-likeness (QED) is 0.662. The summed E-state index contributed by atoms with van der Waals surface area (Å²) in [5.41, 5.74) is -1.24. The lowest BCUT2D eigenvalue weighted by atomic mass is 9.89. The molecule has 1 aromatic rings. The Labute approximate surface area is 158 Å². The number of rotatable bonds is 8. The second-order valence-corrected chi connectivity index (χ2v) is 9.29. The van der Waals surface area contributed by atoms with E-state index in [1.807, 2.05) is 30.3 Å². The zero-order valence-corrected chi connectivity index (χ0v) is 16.3. The van der Waals surface area contributed by atoms with Gasteiger partial charge in [-0.2, -0.15) is 13.2 Å². The second kappa shape index (κ2) is 8.63. The van der Waals surface area contributed by atoms with Crippen molar-refractivity contribution in [2.24, 2.45) is 0 Å². The lowest BCUT2D eigenvalue weighted by Gasteiger charge is -2.40. The van der Waals surface area contributed by atoms with Crippen LogP contribution in [0.15, 0.2) is 30.3 Å². The molecule has 0 spiro atoms. The molecule has 152 valence electrons. The van der Waals surface area contributed by atoms with Crippen LogP contribution in [-0.4, -0.2) is 49.0 Å². The molecule has 2 rings (SSSR count). The maximum Gasteiger partial charge on any atom is 0.411 e. The number of likely N-dealkylation sites (tertiary alicyclic amines) is 1. The van der Waals surface area contributed by atoms with Crippen molar-refractivity contribution >= 4 is 15.7 Å². The Morgan fingerprint density at radius 3 is 2.48 bits per heavy atom. The average Bonchev–Trinajstić information content (AvgIpc) is 3.00. The van der Waals surface area contributed by atoms with Gasteiger partial charge in [0.25, 0.3) is 0 Å². The van der Waals surface area contributed by atoms with Crippen molar-refractivity contribution in [2.75, 3.05) is 18.1 Å². The fourth-order valence-electron chi connectivity index (χ4n) is 3.83.